The van der Waals surface area contributed by atoms with Crippen LogP contribution in [-0.4, -0.2) is 50.6 Å². The standard InChI is InChI=1S/C27H34N6O5S/c1-6-19(7-2)26(34)37-15-38-27(35)33(13-25-32-31-18(5)39-25)23-11-24(30-17(4)29-23)36-14-20-10-21(20)22-9-8-16(3)12-28-22/h8-9,11-12,19-21H,6-7,10,13-15H2,1-5H3/t20-,21+/m1/s1. The zero-order chi connectivity index (χ0) is 27.9. The average molecular weight is 555 g/mol. The Balaban J connectivity index is 1.43. The Labute approximate surface area is 232 Å². The van der Waals surface area contributed by atoms with E-state index in [0.29, 0.717) is 48.0 Å². The molecule has 1 aliphatic carbocycles. The molecule has 0 aliphatic heterocycles. The topological polar surface area (TPSA) is 130 Å². The molecular formula is C27H34N6O5S. The van der Waals surface area contributed by atoms with Crippen LogP contribution in [0, 0.1) is 32.6 Å². The molecule has 4 rings (SSSR count). The van der Waals surface area contributed by atoms with Crippen LogP contribution in [0.5, 0.6) is 5.88 Å². The van der Waals surface area contributed by atoms with Crippen LogP contribution in [-0.2, 0) is 20.8 Å². The molecule has 0 N–H and O–H groups in total. The smallest absolute Gasteiger partial charge is 0.418 e. The Kier molecular flexibility index (Phi) is 9.39. The summed E-state index contributed by atoms with van der Waals surface area (Å²) in [6.45, 7) is 9.45. The number of ether oxygens (including phenoxy) is 3. The quantitative estimate of drug-likeness (QED) is 0.225. The van der Waals surface area contributed by atoms with E-state index >= 15 is 0 Å². The molecule has 0 radical (unpaired) electrons. The second-order valence-corrected chi connectivity index (χ2v) is 10.9. The summed E-state index contributed by atoms with van der Waals surface area (Å²) in [5, 5.41) is 9.52. The molecule has 39 heavy (non-hydrogen) atoms. The van der Waals surface area contributed by atoms with Crippen LogP contribution in [0.2, 0.25) is 0 Å². The summed E-state index contributed by atoms with van der Waals surface area (Å²) >= 11 is 1.36. The Hall–Kier alpha value is -3.67. The van der Waals surface area contributed by atoms with Crippen LogP contribution < -0.4 is 9.64 Å². The molecule has 2 atom stereocenters. The SMILES string of the molecule is CCC(CC)C(=O)OCOC(=O)N(Cc1nnc(C)s1)c1cc(OC[C@H]2C[C@@H]2c2ccc(C)cn2)nc(C)n1. The Morgan fingerprint density at radius 2 is 1.90 bits per heavy atom. The van der Waals surface area contributed by atoms with Crippen molar-refractivity contribution in [2.24, 2.45) is 11.8 Å². The maximum Gasteiger partial charge on any atom is 0.418 e. The summed E-state index contributed by atoms with van der Waals surface area (Å²) in [6, 6.07) is 5.73. The van der Waals surface area contributed by atoms with Gasteiger partial charge in [0.1, 0.15) is 21.7 Å². The number of nitrogens with zero attached hydrogens (tertiary/aromatic N) is 6. The van der Waals surface area contributed by atoms with Crippen LogP contribution in [0.3, 0.4) is 0 Å². The van der Waals surface area contributed by atoms with Crippen molar-refractivity contribution in [3.63, 3.8) is 0 Å². The number of anilines is 1. The molecule has 0 bridgehead atoms. The van der Waals surface area contributed by atoms with E-state index in [4.69, 9.17) is 14.2 Å². The van der Waals surface area contributed by atoms with Crippen molar-refractivity contribution in [3.8, 4) is 5.88 Å². The number of amides is 1. The first kappa shape index (κ1) is 28.3. The van der Waals surface area contributed by atoms with Gasteiger partial charge in [0.2, 0.25) is 12.7 Å². The fourth-order valence-corrected chi connectivity index (χ4v) is 4.85. The average Bonchev–Trinajstić information content (AvgIpc) is 3.57. The molecule has 0 spiro atoms. The first-order valence-corrected chi connectivity index (χ1v) is 13.9. The summed E-state index contributed by atoms with van der Waals surface area (Å²) < 4.78 is 16.5. The second kappa shape index (κ2) is 12.9. The van der Waals surface area contributed by atoms with E-state index in [1.54, 1.807) is 13.0 Å². The summed E-state index contributed by atoms with van der Waals surface area (Å²) in [7, 11) is 0. The lowest BCUT2D eigenvalue weighted by molar-refractivity contribution is -0.156. The van der Waals surface area contributed by atoms with Gasteiger partial charge >= 0.3 is 12.1 Å². The van der Waals surface area contributed by atoms with Gasteiger partial charge in [-0.05, 0) is 51.7 Å². The highest BCUT2D eigenvalue weighted by molar-refractivity contribution is 7.11. The molecule has 1 fully saturated rings. The van der Waals surface area contributed by atoms with Crippen LogP contribution in [0.1, 0.15) is 66.1 Å². The Bertz CT molecular complexity index is 1280. The van der Waals surface area contributed by atoms with E-state index in [-0.39, 0.29) is 18.3 Å². The summed E-state index contributed by atoms with van der Waals surface area (Å²) in [5.74, 6) is 1.15. The zero-order valence-corrected chi connectivity index (χ0v) is 23.7. The first-order chi connectivity index (χ1) is 18.8. The number of carbonyl (C=O) groups excluding carboxylic acids is 2. The van der Waals surface area contributed by atoms with E-state index < -0.39 is 18.9 Å². The zero-order valence-electron chi connectivity index (χ0n) is 22.9. The van der Waals surface area contributed by atoms with Gasteiger partial charge in [-0.1, -0.05) is 31.3 Å². The van der Waals surface area contributed by atoms with Gasteiger partial charge in [0.25, 0.3) is 0 Å². The minimum Gasteiger partial charge on any atom is -0.477 e. The molecule has 0 aromatic carbocycles. The molecule has 3 heterocycles. The number of aryl methyl sites for hydroxylation is 3. The van der Waals surface area contributed by atoms with E-state index in [2.05, 4.69) is 37.3 Å². The first-order valence-electron chi connectivity index (χ1n) is 13.1. The van der Waals surface area contributed by atoms with Gasteiger partial charge in [-0.15, -0.1) is 10.2 Å². The minimum atomic E-state index is -0.739. The molecule has 1 aliphatic rings. The van der Waals surface area contributed by atoms with Gasteiger partial charge in [0.15, 0.2) is 0 Å². The van der Waals surface area contributed by atoms with E-state index in [9.17, 15) is 9.59 Å². The lowest BCUT2D eigenvalue weighted by Gasteiger charge is -2.21. The van der Waals surface area contributed by atoms with Crippen molar-refractivity contribution in [2.45, 2.75) is 66.3 Å². The largest absolute Gasteiger partial charge is 0.477 e. The van der Waals surface area contributed by atoms with Gasteiger partial charge < -0.3 is 14.2 Å². The Morgan fingerprint density at radius 3 is 2.56 bits per heavy atom. The highest BCUT2D eigenvalue weighted by atomic mass is 32.1. The van der Waals surface area contributed by atoms with Gasteiger partial charge in [0.05, 0.1) is 19.1 Å². The highest BCUT2D eigenvalue weighted by Crippen LogP contribution is 2.46. The van der Waals surface area contributed by atoms with Crippen LogP contribution in [0.15, 0.2) is 24.4 Å². The molecule has 1 amide bonds. The number of pyridine rings is 1. The maximum absolute atomic E-state index is 13.1. The van der Waals surface area contributed by atoms with E-state index in [1.807, 2.05) is 33.9 Å². The van der Waals surface area contributed by atoms with Crippen molar-refractivity contribution in [3.05, 3.63) is 51.5 Å². The maximum atomic E-state index is 13.1. The normalized spacial score (nSPS) is 16.2. The van der Waals surface area contributed by atoms with Crippen LogP contribution >= 0.6 is 11.3 Å². The number of rotatable bonds is 12. The summed E-state index contributed by atoms with van der Waals surface area (Å²) in [4.78, 5) is 40.0. The lowest BCUT2D eigenvalue weighted by atomic mass is 10.0. The molecule has 0 saturated heterocycles. The number of hydrogen-bond acceptors (Lipinski definition) is 11. The van der Waals surface area contributed by atoms with Crippen molar-refractivity contribution >= 4 is 29.2 Å². The number of hydrogen-bond donors (Lipinski definition) is 0. The molecule has 11 nitrogen and oxygen atoms in total. The number of carbonyl (C=O) groups is 2. The number of esters is 1. The van der Waals surface area contributed by atoms with Crippen molar-refractivity contribution < 1.29 is 23.8 Å². The van der Waals surface area contributed by atoms with E-state index in [0.717, 1.165) is 22.7 Å². The van der Waals surface area contributed by atoms with Crippen molar-refractivity contribution in [1.82, 2.24) is 25.1 Å². The highest BCUT2D eigenvalue weighted by Gasteiger charge is 2.40. The second-order valence-electron chi connectivity index (χ2n) is 9.59. The van der Waals surface area contributed by atoms with Crippen molar-refractivity contribution in [1.29, 1.82) is 0 Å². The fourth-order valence-electron chi connectivity index (χ4n) is 4.15. The van der Waals surface area contributed by atoms with E-state index in [1.165, 1.54) is 16.2 Å². The molecular weight excluding hydrogens is 520 g/mol. The molecule has 0 unspecified atom stereocenters. The third-order valence-electron chi connectivity index (χ3n) is 6.54. The molecule has 3 aromatic heterocycles. The monoisotopic (exact) mass is 554 g/mol. The van der Waals surface area contributed by atoms with Gasteiger partial charge in [-0.25, -0.2) is 9.78 Å². The predicted molar refractivity (Wildman–Crippen MR) is 144 cm³/mol. The summed E-state index contributed by atoms with van der Waals surface area (Å²) in [6.07, 6.45) is 3.44. The molecule has 1 saturated carbocycles. The lowest BCUT2D eigenvalue weighted by Crippen LogP contribution is -2.33. The van der Waals surface area contributed by atoms with Crippen LogP contribution in [0.4, 0.5) is 10.6 Å². The third-order valence-corrected chi connectivity index (χ3v) is 7.37. The summed E-state index contributed by atoms with van der Waals surface area (Å²) in [5.41, 5.74) is 2.20. The third kappa shape index (κ3) is 7.69. The van der Waals surface area contributed by atoms with Gasteiger partial charge in [-0.2, -0.15) is 4.98 Å². The molecule has 3 aromatic rings. The molecule has 12 heteroatoms. The van der Waals surface area contributed by atoms with Crippen molar-refractivity contribution in [2.75, 3.05) is 18.3 Å². The van der Waals surface area contributed by atoms with Gasteiger partial charge in [-0.3, -0.25) is 14.7 Å². The minimum absolute atomic E-state index is 0.0739. The van der Waals surface area contributed by atoms with Crippen LogP contribution in [0.25, 0.3) is 0 Å². The number of aromatic nitrogens is 5. The van der Waals surface area contributed by atoms with Gasteiger partial charge in [0, 0.05) is 29.8 Å². The molecule has 208 valence electrons. The predicted octanol–water partition coefficient (Wildman–Crippen LogP) is 4.91. The Morgan fingerprint density at radius 1 is 1.10 bits per heavy atom. The fraction of sp³-hybridized carbons (Fsp3) is 0.519.